The van der Waals surface area contributed by atoms with E-state index < -0.39 is 27.8 Å². The fourth-order valence-electron chi connectivity index (χ4n) is 2.37. The van der Waals surface area contributed by atoms with Gasteiger partial charge in [-0.05, 0) is 13.8 Å². The summed E-state index contributed by atoms with van der Waals surface area (Å²) in [6.45, 7) is 3.80. The molecule has 1 saturated carbocycles. The van der Waals surface area contributed by atoms with Crippen molar-refractivity contribution in [3.63, 3.8) is 0 Å². The highest BCUT2D eigenvalue weighted by Crippen LogP contribution is 2.49. The average molecular weight is 296 g/mol. The van der Waals surface area contributed by atoms with E-state index in [1.54, 1.807) is 13.8 Å². The molecule has 2 atom stereocenters. The van der Waals surface area contributed by atoms with Gasteiger partial charge in [-0.1, -0.05) is 0 Å². The first kappa shape index (κ1) is 14.6. The lowest BCUT2D eigenvalue weighted by atomic mass is 10.2. The maximum Gasteiger partial charge on any atom is 0.260 e. The summed E-state index contributed by atoms with van der Waals surface area (Å²) in [7, 11) is -3.28. The normalized spacial score (nSPS) is 31.3. The van der Waals surface area contributed by atoms with Crippen molar-refractivity contribution in [1.29, 1.82) is 0 Å². The zero-order chi connectivity index (χ0) is 14.4. The zero-order valence-corrected chi connectivity index (χ0v) is 11.8. The van der Waals surface area contributed by atoms with E-state index in [0.717, 1.165) is 0 Å². The van der Waals surface area contributed by atoms with Crippen LogP contribution >= 0.6 is 0 Å². The van der Waals surface area contributed by atoms with Crippen LogP contribution in [0.2, 0.25) is 0 Å². The molecule has 5 nitrogen and oxygen atoms in total. The van der Waals surface area contributed by atoms with Gasteiger partial charge in [-0.3, -0.25) is 4.79 Å². The lowest BCUT2D eigenvalue weighted by molar-refractivity contribution is -0.138. The van der Waals surface area contributed by atoms with Gasteiger partial charge in [-0.25, -0.2) is 17.2 Å². The van der Waals surface area contributed by atoms with Crippen molar-refractivity contribution in [2.45, 2.75) is 32.2 Å². The fraction of sp³-hybridized carbons (Fsp3) is 0.909. The van der Waals surface area contributed by atoms with Gasteiger partial charge >= 0.3 is 0 Å². The van der Waals surface area contributed by atoms with E-state index >= 15 is 0 Å². The summed E-state index contributed by atoms with van der Waals surface area (Å²) in [5.74, 6) is -4.62. The Hall–Kier alpha value is -0.760. The lowest BCUT2D eigenvalue weighted by Crippen LogP contribution is -2.56. The number of carbonyl (C=O) groups excluding carboxylic acids is 1. The van der Waals surface area contributed by atoms with E-state index in [2.05, 4.69) is 0 Å². The molecular formula is C11H18F2N2O3S. The molecule has 19 heavy (non-hydrogen) atoms. The molecule has 1 heterocycles. The molecule has 110 valence electrons. The predicted octanol–water partition coefficient (Wildman–Crippen LogP) is 0.524. The number of nitrogens with zero attached hydrogens (tertiary/aromatic N) is 2. The van der Waals surface area contributed by atoms with Crippen LogP contribution in [0, 0.1) is 5.92 Å². The van der Waals surface area contributed by atoms with Crippen LogP contribution in [0.1, 0.15) is 20.3 Å². The summed E-state index contributed by atoms with van der Waals surface area (Å²) in [6, 6.07) is -0.362. The number of rotatable bonds is 3. The van der Waals surface area contributed by atoms with Crippen molar-refractivity contribution in [3.8, 4) is 0 Å². The number of piperazine rings is 1. The third kappa shape index (κ3) is 2.74. The van der Waals surface area contributed by atoms with Gasteiger partial charge in [0.25, 0.3) is 5.92 Å². The molecule has 1 saturated heterocycles. The number of sulfonamides is 1. The van der Waals surface area contributed by atoms with Crippen molar-refractivity contribution in [2.75, 3.05) is 25.4 Å². The van der Waals surface area contributed by atoms with Crippen LogP contribution in [0.15, 0.2) is 0 Å². The molecule has 0 aromatic rings. The van der Waals surface area contributed by atoms with Crippen LogP contribution in [-0.4, -0.2) is 60.9 Å². The second kappa shape index (κ2) is 4.66. The van der Waals surface area contributed by atoms with Crippen molar-refractivity contribution < 1.29 is 22.0 Å². The summed E-state index contributed by atoms with van der Waals surface area (Å²) < 4.78 is 50.6. The Morgan fingerprint density at radius 1 is 1.37 bits per heavy atom. The first-order valence-electron chi connectivity index (χ1n) is 6.35. The summed E-state index contributed by atoms with van der Waals surface area (Å²) >= 11 is 0. The number of amides is 1. The second-order valence-electron chi connectivity index (χ2n) is 5.16. The fourth-order valence-corrected chi connectivity index (χ4v) is 3.54. The quantitative estimate of drug-likeness (QED) is 0.763. The van der Waals surface area contributed by atoms with Crippen LogP contribution in [0.5, 0.6) is 0 Å². The Labute approximate surface area is 111 Å². The number of hydrogen-bond acceptors (Lipinski definition) is 3. The maximum absolute atomic E-state index is 12.9. The van der Waals surface area contributed by atoms with Crippen LogP contribution in [-0.2, 0) is 14.8 Å². The molecule has 0 spiro atoms. The first-order chi connectivity index (χ1) is 8.69. The minimum Gasteiger partial charge on any atom is -0.337 e. The molecule has 1 aliphatic carbocycles. The van der Waals surface area contributed by atoms with E-state index in [-0.39, 0.29) is 37.8 Å². The van der Waals surface area contributed by atoms with Gasteiger partial charge in [0.1, 0.15) is 5.92 Å². The van der Waals surface area contributed by atoms with Crippen molar-refractivity contribution in [2.24, 2.45) is 5.92 Å². The largest absolute Gasteiger partial charge is 0.337 e. The number of alkyl halides is 2. The number of hydrogen-bond donors (Lipinski definition) is 0. The van der Waals surface area contributed by atoms with Crippen molar-refractivity contribution in [1.82, 2.24) is 9.21 Å². The molecule has 1 unspecified atom stereocenters. The van der Waals surface area contributed by atoms with E-state index in [1.165, 1.54) is 9.21 Å². The highest BCUT2D eigenvalue weighted by atomic mass is 32.2. The van der Waals surface area contributed by atoms with Gasteiger partial charge in [0.05, 0.1) is 5.75 Å². The predicted molar refractivity (Wildman–Crippen MR) is 65.3 cm³/mol. The van der Waals surface area contributed by atoms with Gasteiger partial charge in [-0.15, -0.1) is 0 Å². The molecule has 1 aliphatic heterocycles. The molecule has 2 aliphatic rings. The molecule has 0 N–H and O–H groups in total. The van der Waals surface area contributed by atoms with Gasteiger partial charge in [0, 0.05) is 32.1 Å². The Kier molecular flexibility index (Phi) is 3.59. The molecular weight excluding hydrogens is 278 g/mol. The van der Waals surface area contributed by atoms with Crippen LogP contribution < -0.4 is 0 Å². The summed E-state index contributed by atoms with van der Waals surface area (Å²) in [6.07, 6.45) is -0.383. The highest BCUT2D eigenvalue weighted by molar-refractivity contribution is 7.89. The monoisotopic (exact) mass is 296 g/mol. The lowest BCUT2D eigenvalue weighted by Gasteiger charge is -2.39. The molecule has 1 amide bonds. The number of carbonyl (C=O) groups is 1. The molecule has 2 rings (SSSR count). The van der Waals surface area contributed by atoms with E-state index in [4.69, 9.17) is 0 Å². The Morgan fingerprint density at radius 2 is 1.95 bits per heavy atom. The molecule has 0 aromatic carbocycles. The third-order valence-corrected chi connectivity index (χ3v) is 5.60. The average Bonchev–Trinajstić information content (AvgIpc) is 2.97. The Balaban J connectivity index is 2.00. The van der Waals surface area contributed by atoms with E-state index in [9.17, 15) is 22.0 Å². The Morgan fingerprint density at radius 3 is 2.37 bits per heavy atom. The Bertz CT molecular complexity index is 480. The van der Waals surface area contributed by atoms with Gasteiger partial charge in [0.15, 0.2) is 0 Å². The summed E-state index contributed by atoms with van der Waals surface area (Å²) in [4.78, 5) is 13.3. The zero-order valence-electron chi connectivity index (χ0n) is 11.0. The SMILES string of the molecule is CCS(=O)(=O)N1CCN(C(=O)C2CC2(F)F)[C@H](C)C1. The van der Waals surface area contributed by atoms with Crippen LogP contribution in [0.25, 0.3) is 0 Å². The molecule has 2 fully saturated rings. The second-order valence-corrected chi connectivity index (χ2v) is 7.41. The highest BCUT2D eigenvalue weighted by Gasteiger charge is 2.62. The summed E-state index contributed by atoms with van der Waals surface area (Å²) in [5.41, 5.74) is 0. The molecule has 0 bridgehead atoms. The van der Waals surface area contributed by atoms with Gasteiger partial charge < -0.3 is 4.90 Å². The van der Waals surface area contributed by atoms with Crippen LogP contribution in [0.4, 0.5) is 8.78 Å². The molecule has 8 heteroatoms. The first-order valence-corrected chi connectivity index (χ1v) is 7.96. The topological polar surface area (TPSA) is 57.7 Å². The maximum atomic E-state index is 12.9. The smallest absolute Gasteiger partial charge is 0.260 e. The minimum atomic E-state index is -3.28. The van der Waals surface area contributed by atoms with Crippen molar-refractivity contribution >= 4 is 15.9 Å². The summed E-state index contributed by atoms with van der Waals surface area (Å²) in [5, 5.41) is 0. The van der Waals surface area contributed by atoms with E-state index in [0.29, 0.717) is 0 Å². The third-order valence-electron chi connectivity index (χ3n) is 3.76. The molecule has 0 radical (unpaired) electrons. The van der Waals surface area contributed by atoms with Crippen molar-refractivity contribution in [3.05, 3.63) is 0 Å². The van der Waals surface area contributed by atoms with Gasteiger partial charge in [-0.2, -0.15) is 4.31 Å². The van der Waals surface area contributed by atoms with E-state index in [1.807, 2.05) is 0 Å². The number of halogens is 2. The molecule has 0 aromatic heterocycles. The minimum absolute atomic E-state index is 0.00830. The van der Waals surface area contributed by atoms with Gasteiger partial charge in [0.2, 0.25) is 15.9 Å². The standard InChI is InChI=1S/C11H18F2N2O3S/c1-3-19(17,18)14-4-5-15(8(2)7-14)10(16)9-6-11(9,12)13/h8-9H,3-7H2,1-2H3/t8-,9?/m1/s1. The van der Waals surface area contributed by atoms with Crippen LogP contribution in [0.3, 0.4) is 0 Å².